The Hall–Kier alpha value is -6.39. The number of furan rings is 1. The van der Waals surface area contributed by atoms with Crippen LogP contribution in [0.15, 0.2) is 179 Å². The number of aromatic nitrogens is 1. The maximum Gasteiger partial charge on any atom is 0.227 e. The predicted octanol–water partition coefficient (Wildman–Crippen LogP) is 12.2. The Kier molecular flexibility index (Phi) is 6.43. The number of benzene rings is 7. The molecule has 0 aliphatic carbocycles. The number of anilines is 3. The average Bonchev–Trinajstić information content (AvgIpc) is 3.75. The Morgan fingerprint density at radius 2 is 0.957 bits per heavy atom. The minimum absolute atomic E-state index is 0.622. The van der Waals surface area contributed by atoms with E-state index < -0.39 is 0 Å². The molecule has 222 valence electrons. The number of fused-ring (bicyclic) bond motifs is 4. The van der Waals surface area contributed by atoms with Crippen molar-refractivity contribution in [3.8, 4) is 33.7 Å². The lowest BCUT2D eigenvalue weighted by Crippen LogP contribution is -2.09. The summed E-state index contributed by atoms with van der Waals surface area (Å²) in [5.41, 5.74) is 12.0. The topological polar surface area (TPSA) is 42.4 Å². The maximum atomic E-state index is 6.17. The Balaban J connectivity index is 1.14. The maximum absolute atomic E-state index is 6.17. The van der Waals surface area contributed by atoms with Gasteiger partial charge in [0.2, 0.25) is 5.89 Å². The first-order valence-corrected chi connectivity index (χ1v) is 15.7. The Morgan fingerprint density at radius 1 is 0.383 bits per heavy atom. The zero-order valence-electron chi connectivity index (χ0n) is 25.4. The summed E-state index contributed by atoms with van der Waals surface area (Å²) in [7, 11) is 0. The number of oxazole rings is 1. The van der Waals surface area contributed by atoms with Crippen molar-refractivity contribution in [2.24, 2.45) is 0 Å². The van der Waals surface area contributed by atoms with E-state index in [-0.39, 0.29) is 0 Å². The van der Waals surface area contributed by atoms with Crippen molar-refractivity contribution in [2.45, 2.75) is 0 Å². The third-order valence-electron chi connectivity index (χ3n) is 8.73. The summed E-state index contributed by atoms with van der Waals surface area (Å²) in [6, 6.07) is 58.7. The smallest absolute Gasteiger partial charge is 0.227 e. The van der Waals surface area contributed by atoms with Crippen molar-refractivity contribution in [2.75, 3.05) is 4.90 Å². The molecule has 4 nitrogen and oxygen atoms in total. The van der Waals surface area contributed by atoms with Crippen LogP contribution in [0.2, 0.25) is 0 Å². The van der Waals surface area contributed by atoms with Gasteiger partial charge in [0.1, 0.15) is 16.7 Å². The SMILES string of the molecule is c1ccc(-c2ccc(N(c3ccc(-c4cccc5oc(-c6ccccc6)nc45)cc3)c3ccc4oc5ccccc5c4c3)cc2)cc1. The highest BCUT2D eigenvalue weighted by molar-refractivity contribution is 6.06. The molecule has 0 bridgehead atoms. The summed E-state index contributed by atoms with van der Waals surface area (Å²) < 4.78 is 12.3. The average molecular weight is 605 g/mol. The number of para-hydroxylation sites is 2. The highest BCUT2D eigenvalue weighted by Gasteiger charge is 2.17. The summed E-state index contributed by atoms with van der Waals surface area (Å²) in [6.07, 6.45) is 0. The molecular weight excluding hydrogens is 576 g/mol. The molecule has 0 amide bonds. The fourth-order valence-electron chi connectivity index (χ4n) is 6.41. The Labute approximate surface area is 271 Å². The van der Waals surface area contributed by atoms with Gasteiger partial charge in [0.25, 0.3) is 0 Å². The summed E-state index contributed by atoms with van der Waals surface area (Å²) in [6.45, 7) is 0. The van der Waals surface area contributed by atoms with Crippen LogP contribution in [0, 0.1) is 0 Å². The molecule has 0 saturated heterocycles. The second-order valence-electron chi connectivity index (χ2n) is 11.6. The van der Waals surface area contributed by atoms with Crippen LogP contribution in [-0.4, -0.2) is 4.98 Å². The molecule has 9 aromatic rings. The van der Waals surface area contributed by atoms with Crippen LogP contribution < -0.4 is 4.90 Å². The normalized spacial score (nSPS) is 11.4. The van der Waals surface area contributed by atoms with Gasteiger partial charge in [-0.1, -0.05) is 103 Å². The highest BCUT2D eigenvalue weighted by atomic mass is 16.3. The molecule has 0 saturated carbocycles. The van der Waals surface area contributed by atoms with E-state index in [1.54, 1.807) is 0 Å². The van der Waals surface area contributed by atoms with Crippen molar-refractivity contribution >= 4 is 50.1 Å². The van der Waals surface area contributed by atoms with Crippen LogP contribution in [0.5, 0.6) is 0 Å². The van der Waals surface area contributed by atoms with Crippen molar-refractivity contribution in [3.63, 3.8) is 0 Å². The summed E-state index contributed by atoms with van der Waals surface area (Å²) in [5.74, 6) is 0.622. The van der Waals surface area contributed by atoms with Gasteiger partial charge in [0.15, 0.2) is 5.58 Å². The fourth-order valence-corrected chi connectivity index (χ4v) is 6.41. The summed E-state index contributed by atoms with van der Waals surface area (Å²) in [5, 5.41) is 2.20. The molecule has 47 heavy (non-hydrogen) atoms. The molecular formula is C43H28N2O2. The zero-order valence-corrected chi connectivity index (χ0v) is 25.4. The van der Waals surface area contributed by atoms with Gasteiger partial charge in [-0.05, 0) is 83.4 Å². The lowest BCUT2D eigenvalue weighted by atomic mass is 10.0. The van der Waals surface area contributed by atoms with E-state index in [9.17, 15) is 0 Å². The molecule has 0 radical (unpaired) electrons. The van der Waals surface area contributed by atoms with E-state index in [4.69, 9.17) is 13.8 Å². The van der Waals surface area contributed by atoms with Crippen molar-refractivity contribution in [3.05, 3.63) is 170 Å². The van der Waals surface area contributed by atoms with Crippen molar-refractivity contribution in [1.82, 2.24) is 4.98 Å². The second-order valence-corrected chi connectivity index (χ2v) is 11.6. The lowest BCUT2D eigenvalue weighted by Gasteiger charge is -2.26. The van der Waals surface area contributed by atoms with Gasteiger partial charge in [-0.2, -0.15) is 0 Å². The van der Waals surface area contributed by atoms with Crippen molar-refractivity contribution < 1.29 is 8.83 Å². The van der Waals surface area contributed by atoms with Crippen molar-refractivity contribution in [1.29, 1.82) is 0 Å². The van der Waals surface area contributed by atoms with Gasteiger partial charge in [-0.25, -0.2) is 4.98 Å². The molecule has 4 heteroatoms. The number of hydrogen-bond donors (Lipinski definition) is 0. The van der Waals surface area contributed by atoms with Crippen LogP contribution in [0.4, 0.5) is 17.1 Å². The van der Waals surface area contributed by atoms with E-state index in [1.165, 1.54) is 11.1 Å². The monoisotopic (exact) mass is 604 g/mol. The van der Waals surface area contributed by atoms with E-state index >= 15 is 0 Å². The molecule has 0 aliphatic rings. The number of hydrogen-bond acceptors (Lipinski definition) is 4. The molecule has 0 N–H and O–H groups in total. The highest BCUT2D eigenvalue weighted by Crippen LogP contribution is 2.40. The quantitative estimate of drug-likeness (QED) is 0.189. The van der Waals surface area contributed by atoms with Crippen LogP contribution in [0.1, 0.15) is 0 Å². The molecule has 0 unspecified atom stereocenters. The third kappa shape index (κ3) is 4.84. The Bertz CT molecular complexity index is 2500. The molecule has 2 heterocycles. The number of rotatable bonds is 6. The standard InChI is InChI=1S/C43H28N2O2/c1-3-10-29(11-4-1)30-18-22-33(23-19-30)45(35-26-27-40-38(28-35)37-14-7-8-16-39(37)46-40)34-24-20-31(21-25-34)36-15-9-17-41-42(36)44-43(47-41)32-12-5-2-6-13-32/h1-28H. The largest absolute Gasteiger partial charge is 0.456 e. The summed E-state index contributed by atoms with van der Waals surface area (Å²) in [4.78, 5) is 7.20. The molecule has 2 aromatic heterocycles. The summed E-state index contributed by atoms with van der Waals surface area (Å²) >= 11 is 0. The van der Waals surface area contributed by atoms with Gasteiger partial charge in [0.05, 0.1) is 0 Å². The van der Waals surface area contributed by atoms with E-state index in [0.717, 1.165) is 66.8 Å². The molecule has 9 rings (SSSR count). The fraction of sp³-hybridized carbons (Fsp3) is 0. The van der Waals surface area contributed by atoms with Crippen LogP contribution >= 0.6 is 0 Å². The minimum atomic E-state index is 0.622. The van der Waals surface area contributed by atoms with Gasteiger partial charge >= 0.3 is 0 Å². The third-order valence-corrected chi connectivity index (χ3v) is 8.73. The van der Waals surface area contributed by atoms with Crippen LogP contribution in [0.3, 0.4) is 0 Å². The molecule has 0 spiro atoms. The van der Waals surface area contributed by atoms with E-state index in [2.05, 4.69) is 114 Å². The molecule has 0 atom stereocenters. The predicted molar refractivity (Wildman–Crippen MR) is 192 cm³/mol. The first-order valence-electron chi connectivity index (χ1n) is 15.7. The lowest BCUT2D eigenvalue weighted by molar-refractivity contribution is 0.620. The minimum Gasteiger partial charge on any atom is -0.456 e. The first kappa shape index (κ1) is 27.0. The molecule has 0 aliphatic heterocycles. The molecule has 0 fully saturated rings. The first-order chi connectivity index (χ1) is 23.3. The Morgan fingerprint density at radius 3 is 1.70 bits per heavy atom. The second kappa shape index (κ2) is 11.2. The zero-order chi connectivity index (χ0) is 31.2. The van der Waals surface area contributed by atoms with Gasteiger partial charge in [0, 0.05) is 39.0 Å². The molecule has 7 aromatic carbocycles. The van der Waals surface area contributed by atoms with E-state index in [0.29, 0.717) is 5.89 Å². The van der Waals surface area contributed by atoms with Gasteiger partial charge in [-0.15, -0.1) is 0 Å². The van der Waals surface area contributed by atoms with Crippen LogP contribution in [0.25, 0.3) is 66.7 Å². The number of nitrogens with zero attached hydrogens (tertiary/aromatic N) is 2. The van der Waals surface area contributed by atoms with Crippen LogP contribution in [-0.2, 0) is 0 Å². The van der Waals surface area contributed by atoms with E-state index in [1.807, 2.05) is 60.7 Å². The van der Waals surface area contributed by atoms with Gasteiger partial charge < -0.3 is 13.7 Å². The van der Waals surface area contributed by atoms with Gasteiger partial charge in [-0.3, -0.25) is 0 Å².